The van der Waals surface area contributed by atoms with E-state index < -0.39 is 59.4 Å². The van der Waals surface area contributed by atoms with Gasteiger partial charge in [-0.2, -0.15) is 30.6 Å². The Bertz CT molecular complexity index is 2170. The van der Waals surface area contributed by atoms with Crippen LogP contribution in [0, 0.1) is 0 Å². The number of nitrogens with zero attached hydrogens (tertiary/aromatic N) is 6. The summed E-state index contributed by atoms with van der Waals surface area (Å²) in [5.41, 5.74) is 4.58. The van der Waals surface area contributed by atoms with E-state index in [9.17, 15) is 58.8 Å². The Morgan fingerprint density at radius 1 is 0.574 bits per heavy atom. The minimum absolute atomic E-state index is 0.000573. The number of hydroxylamine groups is 2. The van der Waals surface area contributed by atoms with Crippen LogP contribution in [0.5, 0.6) is 11.5 Å². The van der Waals surface area contributed by atoms with Crippen molar-refractivity contribution in [2.24, 2.45) is 0 Å². The zero-order valence-electron chi connectivity index (χ0n) is 38.1. The van der Waals surface area contributed by atoms with Gasteiger partial charge in [0.05, 0.1) is 20.3 Å². The molecule has 2 aromatic carbocycles. The number of nitrogens with one attached hydrogen (secondary N) is 2. The second-order valence-electron chi connectivity index (χ2n) is 16.6. The van der Waals surface area contributed by atoms with Gasteiger partial charge in [-0.05, 0) is 74.2 Å². The Morgan fingerprint density at radius 2 is 0.912 bits per heavy atom. The molecule has 0 aromatic heterocycles. The lowest BCUT2D eigenvalue weighted by Gasteiger charge is -2.44. The van der Waals surface area contributed by atoms with Crippen molar-refractivity contribution in [3.05, 3.63) is 48.5 Å². The number of hydrogen-bond donors (Lipinski definition) is 4. The average molecular weight is 1020 g/mol. The van der Waals surface area contributed by atoms with E-state index in [4.69, 9.17) is 14.2 Å². The Balaban J connectivity index is 0.000000258. The molecule has 20 nitrogen and oxygen atoms in total. The van der Waals surface area contributed by atoms with Gasteiger partial charge in [-0.3, -0.25) is 20.0 Å². The van der Waals surface area contributed by atoms with Crippen LogP contribution >= 0.6 is 0 Å². The minimum atomic E-state index is -5.86. The number of methoxy groups -OCH3 is 3. The van der Waals surface area contributed by atoms with Crippen molar-refractivity contribution in [2.75, 3.05) is 136 Å². The molecular formula is C41H61F5N8O12S2. The van der Waals surface area contributed by atoms with Crippen molar-refractivity contribution in [2.45, 2.75) is 47.5 Å². The Labute approximate surface area is 392 Å². The maximum Gasteiger partial charge on any atom is 0.499 e. The van der Waals surface area contributed by atoms with Crippen LogP contribution in [0.3, 0.4) is 0 Å². The van der Waals surface area contributed by atoms with Crippen molar-refractivity contribution in [3.63, 3.8) is 0 Å². The number of hydrogen-bond acceptors (Lipinski definition) is 16. The summed E-state index contributed by atoms with van der Waals surface area (Å²) in [6.45, 7) is 5.71. The SMILES string of the molecule is COCCN1CCC(C(=O)NO)(S(=O)(=O)N2CCN(c3ccc(OC(F)(F)C(F)(F)F)cc3)CC2)CC1.COCCN1CCC(C(=O)NO)(S(=O)(=O)N2CCN(c3ccc(OC)cc3)CC2)CC1. The molecule has 0 spiro atoms. The Kier molecular flexibility index (Phi) is 18.6. The third-order valence-corrected chi connectivity index (χ3v) is 18.2. The van der Waals surface area contributed by atoms with Crippen molar-refractivity contribution < 1.29 is 77.7 Å². The molecule has 0 bridgehead atoms. The predicted octanol–water partition coefficient (Wildman–Crippen LogP) is 1.79. The van der Waals surface area contributed by atoms with Crippen LogP contribution < -0.4 is 30.2 Å². The molecule has 2 amide bonds. The maximum atomic E-state index is 13.6. The second kappa shape index (κ2) is 23.2. The van der Waals surface area contributed by atoms with Crippen LogP contribution in [0.15, 0.2) is 48.5 Å². The maximum absolute atomic E-state index is 13.6. The fourth-order valence-electron chi connectivity index (χ4n) is 8.72. The smallest absolute Gasteiger partial charge is 0.497 e. The summed E-state index contributed by atoms with van der Waals surface area (Å²) in [5, 5.41) is 18.6. The first-order valence-electron chi connectivity index (χ1n) is 21.8. The highest BCUT2D eigenvalue weighted by molar-refractivity contribution is 7.91. The number of amides is 2. The van der Waals surface area contributed by atoms with E-state index in [0.717, 1.165) is 23.6 Å². The molecule has 4 aliphatic heterocycles. The van der Waals surface area contributed by atoms with Gasteiger partial charge in [-0.25, -0.2) is 27.8 Å². The highest BCUT2D eigenvalue weighted by Gasteiger charge is 2.61. The van der Waals surface area contributed by atoms with Gasteiger partial charge in [-0.1, -0.05) is 0 Å². The van der Waals surface area contributed by atoms with Crippen LogP contribution in [0.25, 0.3) is 0 Å². The lowest BCUT2D eigenvalue weighted by molar-refractivity contribution is -0.360. The van der Waals surface area contributed by atoms with Crippen LogP contribution in [0.2, 0.25) is 0 Å². The van der Waals surface area contributed by atoms with Gasteiger partial charge in [-0.15, -0.1) is 0 Å². The van der Waals surface area contributed by atoms with E-state index in [2.05, 4.69) is 14.5 Å². The highest BCUT2D eigenvalue weighted by atomic mass is 32.2. The molecule has 4 heterocycles. The molecule has 0 radical (unpaired) electrons. The molecule has 4 saturated heterocycles. The molecule has 4 N–H and O–H groups in total. The average Bonchev–Trinajstić information content (AvgIpc) is 3.34. The molecule has 68 heavy (non-hydrogen) atoms. The van der Waals surface area contributed by atoms with Gasteiger partial charge in [0, 0.05) is 117 Å². The lowest BCUT2D eigenvalue weighted by Crippen LogP contribution is -2.63. The summed E-state index contributed by atoms with van der Waals surface area (Å²) < 4.78 is 136. The molecule has 2 aromatic rings. The molecule has 0 unspecified atom stereocenters. The standard InChI is InChI=1S/C21H29F5N4O6S.C20H32N4O6S/c1-35-15-14-28-8-6-19(7-9-28,18(31)27-32)37(33,34)30-12-10-29(11-13-30)16-2-4-17(5-3-16)36-21(25,26)20(22,23)24;1-29-16-15-22-9-7-20(8-10-22,19(25)21-26)31(27,28)24-13-11-23(12-14-24)17-3-5-18(30-2)6-4-17/h2-5,32H,6-15H2,1H3,(H,27,31);3-6,26H,7-16H2,1-2H3,(H,21,25). The minimum Gasteiger partial charge on any atom is -0.497 e. The van der Waals surface area contributed by atoms with Crippen LogP contribution in [0.1, 0.15) is 25.7 Å². The van der Waals surface area contributed by atoms with Gasteiger partial charge >= 0.3 is 12.3 Å². The first kappa shape index (κ1) is 54.7. The monoisotopic (exact) mass is 1020 g/mol. The molecule has 0 atom stereocenters. The number of likely N-dealkylation sites (tertiary alicyclic amines) is 2. The number of rotatable bonds is 17. The molecule has 384 valence electrons. The highest BCUT2D eigenvalue weighted by Crippen LogP contribution is 2.39. The summed E-state index contributed by atoms with van der Waals surface area (Å²) in [6.07, 6.45) is -11.0. The normalized spacial score (nSPS) is 20.2. The third-order valence-electron chi connectivity index (χ3n) is 12.9. The first-order chi connectivity index (χ1) is 32.1. The number of carbonyl (C=O) groups excluding carboxylic acids is 2. The van der Waals surface area contributed by atoms with E-state index in [1.165, 1.54) is 26.2 Å². The quantitative estimate of drug-likeness (QED) is 0.101. The summed E-state index contributed by atoms with van der Waals surface area (Å²) in [7, 11) is -3.37. The molecule has 27 heteroatoms. The molecule has 0 aliphatic carbocycles. The fraction of sp³-hybridized carbons (Fsp3) is 0.659. The number of carbonyl (C=O) groups is 2. The number of piperazine rings is 2. The van der Waals surface area contributed by atoms with Crippen molar-refractivity contribution in [3.8, 4) is 11.5 Å². The number of benzene rings is 2. The van der Waals surface area contributed by atoms with Gasteiger partial charge in [0.25, 0.3) is 11.8 Å². The largest absolute Gasteiger partial charge is 0.499 e. The first-order valence-corrected chi connectivity index (χ1v) is 24.7. The number of alkyl halides is 5. The number of ether oxygens (including phenoxy) is 4. The predicted molar refractivity (Wildman–Crippen MR) is 237 cm³/mol. The summed E-state index contributed by atoms with van der Waals surface area (Å²) >= 11 is 0. The van der Waals surface area contributed by atoms with E-state index >= 15 is 0 Å². The summed E-state index contributed by atoms with van der Waals surface area (Å²) in [5.74, 6) is -1.76. The Hall–Kier alpha value is -4.19. The topological polar surface area (TPSA) is 223 Å². The second-order valence-corrected chi connectivity index (χ2v) is 21.1. The van der Waals surface area contributed by atoms with E-state index in [1.807, 2.05) is 29.2 Å². The van der Waals surface area contributed by atoms with Crippen LogP contribution in [0.4, 0.5) is 33.3 Å². The van der Waals surface area contributed by atoms with E-state index in [-0.39, 0.29) is 65.0 Å². The molecule has 4 fully saturated rings. The van der Waals surface area contributed by atoms with Crippen molar-refractivity contribution in [1.29, 1.82) is 0 Å². The number of anilines is 2. The van der Waals surface area contributed by atoms with Crippen molar-refractivity contribution in [1.82, 2.24) is 29.4 Å². The third kappa shape index (κ3) is 12.0. The van der Waals surface area contributed by atoms with Gasteiger partial charge in [0.2, 0.25) is 20.0 Å². The fourth-order valence-corrected chi connectivity index (χ4v) is 12.9. The van der Waals surface area contributed by atoms with E-state index in [1.54, 1.807) is 31.7 Å². The summed E-state index contributed by atoms with van der Waals surface area (Å²) in [4.78, 5) is 33.1. The van der Waals surface area contributed by atoms with Crippen LogP contribution in [-0.2, 0) is 39.1 Å². The van der Waals surface area contributed by atoms with Gasteiger partial charge < -0.3 is 38.5 Å². The van der Waals surface area contributed by atoms with Crippen molar-refractivity contribution >= 4 is 43.2 Å². The zero-order chi connectivity index (χ0) is 50.0. The molecule has 6 rings (SSSR count). The van der Waals surface area contributed by atoms with Crippen LogP contribution in [-0.4, -0.2) is 205 Å². The van der Waals surface area contributed by atoms with E-state index in [0.29, 0.717) is 71.3 Å². The molecule has 4 aliphatic rings. The van der Waals surface area contributed by atoms with Gasteiger partial charge in [0.1, 0.15) is 11.5 Å². The summed E-state index contributed by atoms with van der Waals surface area (Å²) in [6, 6.07) is 12.2. The molecule has 0 saturated carbocycles. The molecular weight excluding hydrogens is 956 g/mol. The number of sulfonamides is 2. The number of halogens is 5. The lowest BCUT2D eigenvalue weighted by atomic mass is 9.95. The Morgan fingerprint density at radius 3 is 1.21 bits per heavy atom. The zero-order valence-corrected chi connectivity index (χ0v) is 39.8. The van der Waals surface area contributed by atoms with Gasteiger partial charge in [0.15, 0.2) is 9.49 Å². The number of piperidine rings is 2.